The molecular formula is C24H25N3OS. The summed E-state index contributed by atoms with van der Waals surface area (Å²) in [5.41, 5.74) is 5.51. The smallest absolute Gasteiger partial charge is 0.275 e. The van der Waals surface area contributed by atoms with E-state index in [4.69, 9.17) is 5.10 Å². The van der Waals surface area contributed by atoms with Crippen LogP contribution >= 0.6 is 11.3 Å². The summed E-state index contributed by atoms with van der Waals surface area (Å²) in [6.07, 6.45) is 0. The number of rotatable bonds is 5. The summed E-state index contributed by atoms with van der Waals surface area (Å²) in [6.45, 7) is 7.53. The van der Waals surface area contributed by atoms with Crippen LogP contribution in [0, 0.1) is 20.8 Å². The summed E-state index contributed by atoms with van der Waals surface area (Å²) in [7, 11) is 2.03. The normalized spacial score (nSPS) is 11.5. The van der Waals surface area contributed by atoms with E-state index in [1.54, 1.807) is 16.0 Å². The van der Waals surface area contributed by atoms with Crippen molar-refractivity contribution in [2.24, 2.45) is 0 Å². The van der Waals surface area contributed by atoms with Gasteiger partial charge >= 0.3 is 0 Å². The summed E-state index contributed by atoms with van der Waals surface area (Å²) in [5.74, 6) is 0. The molecule has 0 aliphatic rings. The second-order valence-corrected chi connectivity index (χ2v) is 8.70. The lowest BCUT2D eigenvalue weighted by molar-refractivity contribution is 0.243. The van der Waals surface area contributed by atoms with E-state index in [1.165, 1.54) is 16.0 Å². The van der Waals surface area contributed by atoms with Crippen molar-refractivity contribution in [2.75, 3.05) is 7.05 Å². The van der Waals surface area contributed by atoms with Gasteiger partial charge in [0.1, 0.15) is 0 Å². The molecule has 0 unspecified atom stereocenters. The summed E-state index contributed by atoms with van der Waals surface area (Å²) in [6, 6.07) is 16.3. The molecule has 0 N–H and O–H groups in total. The van der Waals surface area contributed by atoms with E-state index in [2.05, 4.69) is 55.3 Å². The molecule has 0 saturated heterocycles. The third-order valence-corrected chi connectivity index (χ3v) is 6.28. The molecule has 2 aromatic carbocycles. The van der Waals surface area contributed by atoms with Crippen LogP contribution in [0.2, 0.25) is 0 Å². The second kappa shape index (κ2) is 7.93. The Bertz CT molecular complexity index is 1240. The molecule has 0 spiro atoms. The first kappa shape index (κ1) is 19.6. The highest BCUT2D eigenvalue weighted by atomic mass is 32.1. The largest absolute Gasteiger partial charge is 0.282 e. The summed E-state index contributed by atoms with van der Waals surface area (Å²) in [4.78, 5) is 16.6. The van der Waals surface area contributed by atoms with Crippen molar-refractivity contribution >= 4 is 22.1 Å². The highest BCUT2D eigenvalue weighted by Crippen LogP contribution is 2.28. The Kier molecular flexibility index (Phi) is 5.35. The predicted molar refractivity (Wildman–Crippen MR) is 121 cm³/mol. The molecule has 0 fully saturated rings. The van der Waals surface area contributed by atoms with E-state index in [0.29, 0.717) is 12.1 Å². The van der Waals surface area contributed by atoms with Crippen LogP contribution in [0.3, 0.4) is 0 Å². The molecule has 4 nitrogen and oxygen atoms in total. The maximum Gasteiger partial charge on any atom is 0.275 e. The second-order valence-electron chi connectivity index (χ2n) is 7.70. The zero-order valence-electron chi connectivity index (χ0n) is 17.3. The number of aryl methyl sites for hydroxylation is 3. The van der Waals surface area contributed by atoms with Gasteiger partial charge in [-0.25, -0.2) is 4.68 Å². The molecule has 0 aliphatic heterocycles. The number of hydrogen-bond acceptors (Lipinski definition) is 4. The van der Waals surface area contributed by atoms with Crippen LogP contribution in [-0.2, 0) is 13.2 Å². The quantitative estimate of drug-likeness (QED) is 0.463. The van der Waals surface area contributed by atoms with Gasteiger partial charge in [-0.2, -0.15) is 5.10 Å². The summed E-state index contributed by atoms with van der Waals surface area (Å²) in [5, 5.41) is 8.55. The minimum absolute atomic E-state index is 0.0515. The Labute approximate surface area is 175 Å². The van der Waals surface area contributed by atoms with E-state index < -0.39 is 0 Å². The topological polar surface area (TPSA) is 38.1 Å². The standard InChI is InChI=1S/C24H25N3OS/c1-16-9-10-17(2)21(13-16)23-19-7-5-6-8-20(19)24(28)27(25-23)15-26(4)14-22-18(3)11-12-29-22/h5-13H,14-15H2,1-4H3. The van der Waals surface area contributed by atoms with Crippen LogP contribution in [-0.4, -0.2) is 21.7 Å². The number of fused-ring (bicyclic) bond motifs is 1. The first-order chi connectivity index (χ1) is 13.9. The number of aromatic nitrogens is 2. The summed E-state index contributed by atoms with van der Waals surface area (Å²) >= 11 is 1.75. The third kappa shape index (κ3) is 3.88. The van der Waals surface area contributed by atoms with Crippen LogP contribution in [0.5, 0.6) is 0 Å². The zero-order chi connectivity index (χ0) is 20.5. The monoisotopic (exact) mass is 403 g/mol. The average molecular weight is 404 g/mol. The molecule has 0 bridgehead atoms. The minimum Gasteiger partial charge on any atom is -0.282 e. The molecule has 0 aliphatic carbocycles. The van der Waals surface area contributed by atoms with Crippen molar-refractivity contribution in [2.45, 2.75) is 34.0 Å². The Hall–Kier alpha value is -2.76. The molecule has 4 rings (SSSR count). The predicted octanol–water partition coefficient (Wildman–Crippen LogP) is 5.14. The molecule has 2 aromatic heterocycles. The fourth-order valence-corrected chi connectivity index (χ4v) is 4.60. The minimum atomic E-state index is -0.0515. The van der Waals surface area contributed by atoms with Gasteiger partial charge in [-0.15, -0.1) is 11.3 Å². The van der Waals surface area contributed by atoms with E-state index in [0.717, 1.165) is 28.8 Å². The maximum atomic E-state index is 13.1. The van der Waals surface area contributed by atoms with Gasteiger partial charge in [0.15, 0.2) is 0 Å². The van der Waals surface area contributed by atoms with Crippen LogP contribution in [0.15, 0.2) is 58.7 Å². The van der Waals surface area contributed by atoms with Crippen molar-refractivity contribution in [3.8, 4) is 11.3 Å². The lowest BCUT2D eigenvalue weighted by Crippen LogP contribution is -2.32. The van der Waals surface area contributed by atoms with E-state index in [1.807, 2.05) is 31.3 Å². The molecule has 2 heterocycles. The van der Waals surface area contributed by atoms with Gasteiger partial charge in [0, 0.05) is 22.4 Å². The molecule has 4 aromatic rings. The molecular weight excluding hydrogens is 378 g/mol. The van der Waals surface area contributed by atoms with Crippen LogP contribution in [0.1, 0.15) is 21.6 Å². The van der Waals surface area contributed by atoms with E-state index in [9.17, 15) is 4.79 Å². The van der Waals surface area contributed by atoms with Crippen LogP contribution in [0.25, 0.3) is 22.0 Å². The lowest BCUT2D eigenvalue weighted by atomic mass is 9.99. The van der Waals surface area contributed by atoms with Gasteiger partial charge in [0.05, 0.1) is 17.7 Å². The Morgan fingerprint density at radius 1 is 1.00 bits per heavy atom. The van der Waals surface area contributed by atoms with Gasteiger partial charge < -0.3 is 0 Å². The first-order valence-electron chi connectivity index (χ1n) is 9.73. The van der Waals surface area contributed by atoms with Crippen molar-refractivity contribution in [3.05, 3.63) is 85.8 Å². The van der Waals surface area contributed by atoms with Crippen molar-refractivity contribution in [3.63, 3.8) is 0 Å². The van der Waals surface area contributed by atoms with Crippen LogP contribution < -0.4 is 5.56 Å². The number of nitrogens with zero attached hydrogens (tertiary/aromatic N) is 3. The highest BCUT2D eigenvalue weighted by molar-refractivity contribution is 7.10. The molecule has 0 saturated carbocycles. The zero-order valence-corrected chi connectivity index (χ0v) is 18.1. The lowest BCUT2D eigenvalue weighted by Gasteiger charge is -2.19. The fourth-order valence-electron chi connectivity index (χ4n) is 3.61. The number of benzene rings is 2. The van der Waals surface area contributed by atoms with Gasteiger partial charge in [-0.1, -0.05) is 35.9 Å². The fraction of sp³-hybridized carbons (Fsp3) is 0.250. The SMILES string of the molecule is Cc1ccc(C)c(-c2nn(CN(C)Cc3sccc3C)c(=O)c3ccccc23)c1. The molecule has 5 heteroatoms. The molecule has 148 valence electrons. The van der Waals surface area contributed by atoms with Crippen molar-refractivity contribution in [1.29, 1.82) is 0 Å². The molecule has 0 amide bonds. The summed E-state index contributed by atoms with van der Waals surface area (Å²) < 4.78 is 1.60. The molecule has 29 heavy (non-hydrogen) atoms. The van der Waals surface area contributed by atoms with Gasteiger partial charge in [-0.05, 0) is 62.5 Å². The average Bonchev–Trinajstić information content (AvgIpc) is 3.10. The first-order valence-corrected chi connectivity index (χ1v) is 10.6. The third-order valence-electron chi connectivity index (χ3n) is 5.27. The van der Waals surface area contributed by atoms with Gasteiger partial charge in [0.2, 0.25) is 0 Å². The number of thiophene rings is 1. The van der Waals surface area contributed by atoms with Gasteiger partial charge in [-0.3, -0.25) is 9.69 Å². The Balaban J connectivity index is 1.81. The van der Waals surface area contributed by atoms with E-state index in [-0.39, 0.29) is 5.56 Å². The Morgan fingerprint density at radius 3 is 2.48 bits per heavy atom. The van der Waals surface area contributed by atoms with Crippen molar-refractivity contribution < 1.29 is 0 Å². The Morgan fingerprint density at radius 2 is 1.76 bits per heavy atom. The van der Waals surface area contributed by atoms with Crippen molar-refractivity contribution in [1.82, 2.24) is 14.7 Å². The highest BCUT2D eigenvalue weighted by Gasteiger charge is 2.15. The number of hydrogen-bond donors (Lipinski definition) is 0. The van der Waals surface area contributed by atoms with E-state index >= 15 is 0 Å². The molecule has 0 radical (unpaired) electrons. The van der Waals surface area contributed by atoms with Gasteiger partial charge in [0.25, 0.3) is 5.56 Å². The van der Waals surface area contributed by atoms with Crippen LogP contribution in [0.4, 0.5) is 0 Å². The maximum absolute atomic E-state index is 13.1. The molecule has 0 atom stereocenters.